The van der Waals surface area contributed by atoms with Crippen molar-refractivity contribution in [1.82, 2.24) is 4.98 Å². The van der Waals surface area contributed by atoms with Crippen LogP contribution in [0.2, 0.25) is 0 Å². The number of hydrogen-bond donors (Lipinski definition) is 2. The van der Waals surface area contributed by atoms with Gasteiger partial charge in [-0.05, 0) is 32.0 Å². The van der Waals surface area contributed by atoms with Gasteiger partial charge in [-0.25, -0.2) is 4.98 Å². The van der Waals surface area contributed by atoms with Crippen molar-refractivity contribution in [3.63, 3.8) is 0 Å². The predicted molar refractivity (Wildman–Crippen MR) is 68.8 cm³/mol. The topological polar surface area (TPSA) is 87.9 Å². The molecule has 1 atom stereocenters. The van der Waals surface area contributed by atoms with Gasteiger partial charge in [-0.15, -0.1) is 0 Å². The van der Waals surface area contributed by atoms with Gasteiger partial charge in [0.1, 0.15) is 17.9 Å². The van der Waals surface area contributed by atoms with E-state index in [1.54, 1.807) is 24.4 Å². The fourth-order valence-corrected chi connectivity index (χ4v) is 1.65. The summed E-state index contributed by atoms with van der Waals surface area (Å²) < 4.78 is 5.43. The molecule has 5 nitrogen and oxygen atoms in total. The summed E-state index contributed by atoms with van der Waals surface area (Å²) in [5, 5.41) is 12.2. The molecule has 1 aromatic heterocycles. The zero-order chi connectivity index (χ0) is 13.1. The van der Waals surface area contributed by atoms with Gasteiger partial charge in [0.15, 0.2) is 0 Å². The molecule has 2 aromatic rings. The van der Waals surface area contributed by atoms with E-state index in [1.165, 1.54) is 0 Å². The number of benzene rings is 1. The zero-order valence-corrected chi connectivity index (χ0v) is 10.3. The Morgan fingerprint density at radius 2 is 2.28 bits per heavy atom. The molecule has 18 heavy (non-hydrogen) atoms. The van der Waals surface area contributed by atoms with Crippen molar-refractivity contribution in [2.75, 3.05) is 11.1 Å². The number of nitrogens with two attached hydrogens (primary N) is 1. The second-order valence-corrected chi connectivity index (χ2v) is 4.09. The Kier molecular flexibility index (Phi) is 3.20. The van der Waals surface area contributed by atoms with Gasteiger partial charge in [-0.1, -0.05) is 0 Å². The smallest absolute Gasteiger partial charge is 0.216 e. The quantitative estimate of drug-likeness (QED) is 0.808. The van der Waals surface area contributed by atoms with Gasteiger partial charge in [0.2, 0.25) is 5.89 Å². The molecule has 0 aliphatic rings. The predicted octanol–water partition coefficient (Wildman–Crippen LogP) is 2.61. The van der Waals surface area contributed by atoms with Crippen molar-refractivity contribution >= 4 is 11.4 Å². The molecular formula is C13H14N4O. The highest BCUT2D eigenvalue weighted by Crippen LogP contribution is 2.23. The zero-order valence-electron chi connectivity index (χ0n) is 10.3. The maximum Gasteiger partial charge on any atom is 0.216 e. The van der Waals surface area contributed by atoms with E-state index in [2.05, 4.69) is 16.4 Å². The molecule has 1 aromatic carbocycles. The van der Waals surface area contributed by atoms with Crippen LogP contribution in [-0.4, -0.2) is 4.98 Å². The summed E-state index contributed by atoms with van der Waals surface area (Å²) in [6, 6.07) is 7.15. The summed E-state index contributed by atoms with van der Waals surface area (Å²) in [7, 11) is 0. The third-order valence-electron chi connectivity index (χ3n) is 2.55. The number of aromatic nitrogens is 1. The van der Waals surface area contributed by atoms with Crippen molar-refractivity contribution in [1.29, 1.82) is 5.26 Å². The minimum atomic E-state index is -0.116. The molecule has 1 heterocycles. The van der Waals surface area contributed by atoms with E-state index >= 15 is 0 Å². The van der Waals surface area contributed by atoms with Crippen LogP contribution < -0.4 is 11.1 Å². The summed E-state index contributed by atoms with van der Waals surface area (Å²) in [5.41, 5.74) is 7.43. The Morgan fingerprint density at radius 1 is 1.50 bits per heavy atom. The fraction of sp³-hybridized carbons (Fsp3) is 0.231. The molecule has 2 rings (SSSR count). The first kappa shape index (κ1) is 12.0. The van der Waals surface area contributed by atoms with Crippen LogP contribution in [0, 0.1) is 18.3 Å². The lowest BCUT2D eigenvalue weighted by Crippen LogP contribution is -2.08. The van der Waals surface area contributed by atoms with Gasteiger partial charge >= 0.3 is 0 Å². The van der Waals surface area contributed by atoms with Gasteiger partial charge < -0.3 is 15.5 Å². The first-order valence-corrected chi connectivity index (χ1v) is 5.58. The molecule has 0 aliphatic heterocycles. The Balaban J connectivity index is 2.22. The molecule has 0 amide bonds. The monoisotopic (exact) mass is 242 g/mol. The van der Waals surface area contributed by atoms with Crippen molar-refractivity contribution in [3.8, 4) is 6.07 Å². The molecule has 0 saturated carbocycles. The number of anilines is 2. The standard InChI is InChI=1S/C13H14N4O/c1-8-7-16-13(18-8)9(2)17-12-4-3-11(15)5-10(12)6-14/h3-5,7,9,17H,15H2,1-2H3. The Bertz CT molecular complexity index is 597. The van der Waals surface area contributed by atoms with E-state index in [-0.39, 0.29) is 6.04 Å². The lowest BCUT2D eigenvalue weighted by molar-refractivity contribution is 0.453. The molecule has 1 unspecified atom stereocenters. The van der Waals surface area contributed by atoms with E-state index in [0.717, 1.165) is 11.4 Å². The first-order chi connectivity index (χ1) is 8.60. The summed E-state index contributed by atoms with van der Waals surface area (Å²) >= 11 is 0. The first-order valence-electron chi connectivity index (χ1n) is 5.58. The Labute approximate surface area is 105 Å². The third kappa shape index (κ3) is 2.43. The fourth-order valence-electron chi connectivity index (χ4n) is 1.65. The van der Waals surface area contributed by atoms with E-state index in [0.29, 0.717) is 17.1 Å². The third-order valence-corrected chi connectivity index (χ3v) is 2.55. The van der Waals surface area contributed by atoms with Gasteiger partial charge in [0.25, 0.3) is 0 Å². The maximum atomic E-state index is 9.05. The number of hydrogen-bond acceptors (Lipinski definition) is 5. The van der Waals surface area contributed by atoms with Crippen molar-refractivity contribution in [3.05, 3.63) is 41.6 Å². The number of rotatable bonds is 3. The number of oxazole rings is 1. The van der Waals surface area contributed by atoms with Gasteiger partial charge in [-0.2, -0.15) is 5.26 Å². The molecule has 0 saturated heterocycles. The summed E-state index contributed by atoms with van der Waals surface area (Å²) in [6.07, 6.45) is 1.67. The highest BCUT2D eigenvalue weighted by atomic mass is 16.4. The minimum absolute atomic E-state index is 0.116. The second kappa shape index (κ2) is 4.80. The molecule has 0 radical (unpaired) electrons. The van der Waals surface area contributed by atoms with Crippen LogP contribution in [0.5, 0.6) is 0 Å². The van der Waals surface area contributed by atoms with Crippen molar-refractivity contribution in [2.24, 2.45) is 0 Å². The average Bonchev–Trinajstić information content (AvgIpc) is 2.78. The second-order valence-electron chi connectivity index (χ2n) is 4.09. The van der Waals surface area contributed by atoms with E-state index in [4.69, 9.17) is 15.4 Å². The van der Waals surface area contributed by atoms with Crippen molar-refractivity contribution < 1.29 is 4.42 Å². The molecule has 0 fully saturated rings. The average molecular weight is 242 g/mol. The molecule has 92 valence electrons. The molecule has 3 N–H and O–H groups in total. The van der Waals surface area contributed by atoms with Crippen LogP contribution in [0.3, 0.4) is 0 Å². The maximum absolute atomic E-state index is 9.05. The van der Waals surface area contributed by atoms with E-state index in [1.807, 2.05) is 13.8 Å². The van der Waals surface area contributed by atoms with Crippen LogP contribution in [0.1, 0.15) is 30.2 Å². The van der Waals surface area contributed by atoms with E-state index in [9.17, 15) is 0 Å². The molecule has 0 spiro atoms. The highest BCUT2D eigenvalue weighted by Gasteiger charge is 2.13. The lowest BCUT2D eigenvalue weighted by atomic mass is 10.1. The number of nitriles is 1. The van der Waals surface area contributed by atoms with Gasteiger partial charge in [0, 0.05) is 5.69 Å². The SMILES string of the molecule is Cc1cnc(C(C)Nc2ccc(N)cc2C#N)o1. The molecule has 5 heteroatoms. The number of nitrogens with zero attached hydrogens (tertiary/aromatic N) is 2. The van der Waals surface area contributed by atoms with Crippen LogP contribution in [0.15, 0.2) is 28.8 Å². The summed E-state index contributed by atoms with van der Waals surface area (Å²) in [6.45, 7) is 3.76. The summed E-state index contributed by atoms with van der Waals surface area (Å²) in [4.78, 5) is 4.15. The minimum Gasteiger partial charge on any atom is -0.444 e. The lowest BCUT2D eigenvalue weighted by Gasteiger charge is -2.13. The largest absolute Gasteiger partial charge is 0.444 e. The molecular weight excluding hydrogens is 228 g/mol. The van der Waals surface area contributed by atoms with Gasteiger partial charge in [-0.3, -0.25) is 0 Å². The normalized spacial score (nSPS) is 11.8. The van der Waals surface area contributed by atoms with E-state index < -0.39 is 0 Å². The van der Waals surface area contributed by atoms with Crippen LogP contribution >= 0.6 is 0 Å². The molecule has 0 bridgehead atoms. The summed E-state index contributed by atoms with van der Waals surface area (Å²) in [5.74, 6) is 1.35. The Morgan fingerprint density at radius 3 is 2.89 bits per heavy atom. The van der Waals surface area contributed by atoms with Crippen LogP contribution in [-0.2, 0) is 0 Å². The highest BCUT2D eigenvalue weighted by molar-refractivity contribution is 5.63. The van der Waals surface area contributed by atoms with Crippen LogP contribution in [0.4, 0.5) is 11.4 Å². The number of nitrogen functional groups attached to an aromatic ring is 1. The number of nitrogens with one attached hydrogen (secondary N) is 1. The van der Waals surface area contributed by atoms with Crippen LogP contribution in [0.25, 0.3) is 0 Å². The molecule has 0 aliphatic carbocycles. The van der Waals surface area contributed by atoms with Gasteiger partial charge in [0.05, 0.1) is 17.4 Å². The van der Waals surface area contributed by atoms with Crippen molar-refractivity contribution in [2.45, 2.75) is 19.9 Å². The number of aryl methyl sites for hydroxylation is 1. The Hall–Kier alpha value is -2.48.